The molecule has 1 aromatic carbocycles. The van der Waals surface area contributed by atoms with Crippen LogP contribution >= 0.6 is 11.6 Å². The van der Waals surface area contributed by atoms with Crippen LogP contribution in [0.4, 0.5) is 5.69 Å². The average Bonchev–Trinajstić information content (AvgIpc) is 2.39. The molecular formula is C14H16ClNO2. The molecule has 2 unspecified atom stereocenters. The maximum Gasteiger partial charge on any atom is 0.139 e. The first kappa shape index (κ1) is 11.8. The van der Waals surface area contributed by atoms with E-state index >= 15 is 0 Å². The number of hydrogen-bond acceptors (Lipinski definition) is 3. The lowest BCUT2D eigenvalue weighted by atomic mass is 9.78. The maximum atomic E-state index is 11.7. The highest BCUT2D eigenvalue weighted by molar-refractivity contribution is 6.32. The first-order valence-electron chi connectivity index (χ1n) is 6.32. The number of Topliss-reactive ketones (excluding diaryl/α,β-unsaturated/α-hetero) is 1. The first-order valence-corrected chi connectivity index (χ1v) is 6.69. The minimum atomic E-state index is 0.218. The normalized spacial score (nSPS) is 26.6. The van der Waals surface area contributed by atoms with Crippen molar-refractivity contribution in [3.8, 4) is 5.75 Å². The van der Waals surface area contributed by atoms with Gasteiger partial charge in [-0.15, -0.1) is 0 Å². The molecular weight excluding hydrogens is 250 g/mol. The predicted octanol–water partition coefficient (Wildman–Crippen LogP) is 2.91. The molecule has 0 radical (unpaired) electrons. The van der Waals surface area contributed by atoms with Gasteiger partial charge >= 0.3 is 0 Å². The Kier molecular flexibility index (Phi) is 2.94. The molecule has 0 aromatic heterocycles. The Morgan fingerprint density at radius 3 is 2.78 bits per heavy atom. The summed E-state index contributed by atoms with van der Waals surface area (Å²) in [5.74, 6) is 1.34. The van der Waals surface area contributed by atoms with Gasteiger partial charge in [0.25, 0.3) is 0 Å². The summed E-state index contributed by atoms with van der Waals surface area (Å²) >= 11 is 6.16. The zero-order valence-electron chi connectivity index (χ0n) is 10.4. The van der Waals surface area contributed by atoms with E-state index in [0.29, 0.717) is 29.0 Å². The zero-order chi connectivity index (χ0) is 12.7. The third-order valence-electron chi connectivity index (χ3n) is 4.07. The number of anilines is 1. The largest absolute Gasteiger partial charge is 0.495 e. The van der Waals surface area contributed by atoms with Crippen molar-refractivity contribution in [3.05, 3.63) is 23.2 Å². The van der Waals surface area contributed by atoms with Crippen molar-refractivity contribution in [3.63, 3.8) is 0 Å². The van der Waals surface area contributed by atoms with Crippen LogP contribution in [-0.2, 0) is 4.79 Å². The molecule has 1 aliphatic carbocycles. The lowest BCUT2D eigenvalue weighted by Gasteiger charge is -2.45. The topological polar surface area (TPSA) is 29.5 Å². The lowest BCUT2D eigenvalue weighted by molar-refractivity contribution is -0.126. The van der Waals surface area contributed by atoms with Crippen LogP contribution in [0.3, 0.4) is 0 Å². The van der Waals surface area contributed by atoms with E-state index in [0.717, 1.165) is 25.1 Å². The highest BCUT2D eigenvalue weighted by atomic mass is 35.5. The summed E-state index contributed by atoms with van der Waals surface area (Å²) in [6.45, 7) is 0.839. The van der Waals surface area contributed by atoms with Crippen LogP contribution in [0, 0.1) is 5.92 Å². The van der Waals surface area contributed by atoms with Crippen LogP contribution in [-0.4, -0.2) is 25.5 Å². The molecule has 4 rings (SSSR count). The van der Waals surface area contributed by atoms with Gasteiger partial charge in [-0.1, -0.05) is 11.6 Å². The number of halogens is 1. The Morgan fingerprint density at radius 1 is 1.39 bits per heavy atom. The number of hydrogen-bond donors (Lipinski definition) is 0. The minimum Gasteiger partial charge on any atom is -0.495 e. The number of ketones is 1. The van der Waals surface area contributed by atoms with Gasteiger partial charge in [0.15, 0.2) is 0 Å². The fourth-order valence-electron chi connectivity index (χ4n) is 3.05. The molecule has 1 saturated carbocycles. The molecule has 0 amide bonds. The van der Waals surface area contributed by atoms with Gasteiger partial charge in [0.05, 0.1) is 12.1 Å². The summed E-state index contributed by atoms with van der Waals surface area (Å²) in [6.07, 6.45) is 2.85. The van der Waals surface area contributed by atoms with Crippen molar-refractivity contribution in [1.82, 2.24) is 0 Å². The molecule has 18 heavy (non-hydrogen) atoms. The quantitative estimate of drug-likeness (QED) is 0.824. The van der Waals surface area contributed by atoms with Crippen LogP contribution in [0.2, 0.25) is 5.02 Å². The Hall–Kier alpha value is -1.22. The second-order valence-electron chi connectivity index (χ2n) is 5.07. The Balaban J connectivity index is 1.88. The second-order valence-corrected chi connectivity index (χ2v) is 5.48. The summed E-state index contributed by atoms with van der Waals surface area (Å²) < 4.78 is 5.16. The monoisotopic (exact) mass is 265 g/mol. The smallest absolute Gasteiger partial charge is 0.139 e. The third kappa shape index (κ3) is 1.87. The van der Waals surface area contributed by atoms with Crippen LogP contribution in [0.5, 0.6) is 5.75 Å². The van der Waals surface area contributed by atoms with Gasteiger partial charge in [-0.2, -0.15) is 0 Å². The Bertz CT molecular complexity index is 489. The van der Waals surface area contributed by atoms with Gasteiger partial charge < -0.3 is 9.64 Å². The van der Waals surface area contributed by atoms with Gasteiger partial charge in [-0.25, -0.2) is 0 Å². The van der Waals surface area contributed by atoms with Crippen molar-refractivity contribution in [2.75, 3.05) is 18.6 Å². The first-order chi connectivity index (χ1) is 8.69. The van der Waals surface area contributed by atoms with Gasteiger partial charge in [0.2, 0.25) is 0 Å². The Morgan fingerprint density at radius 2 is 2.22 bits per heavy atom. The second kappa shape index (κ2) is 4.47. The van der Waals surface area contributed by atoms with Crippen LogP contribution < -0.4 is 9.64 Å². The number of nitrogens with zero attached hydrogens (tertiary/aromatic N) is 1. The standard InChI is InChI=1S/C14H16ClNO2/c1-18-14-5-4-10(6-12(14)15)16-8-9-2-3-11(16)7-13(9)17/h4-6,9,11H,2-3,7-8H2,1H3. The molecule has 2 aliphatic heterocycles. The van der Waals surface area contributed by atoms with E-state index in [9.17, 15) is 4.79 Å². The molecule has 4 heteroatoms. The van der Waals surface area contributed by atoms with Gasteiger partial charge in [0, 0.05) is 30.6 Å². The van der Waals surface area contributed by atoms with Crippen LogP contribution in [0.1, 0.15) is 19.3 Å². The number of rotatable bonds is 2. The molecule has 96 valence electrons. The number of methoxy groups -OCH3 is 1. The predicted molar refractivity (Wildman–Crippen MR) is 71.5 cm³/mol. The van der Waals surface area contributed by atoms with Gasteiger partial charge in [0.1, 0.15) is 11.5 Å². The van der Waals surface area contributed by atoms with Gasteiger partial charge in [-0.3, -0.25) is 4.79 Å². The summed E-state index contributed by atoms with van der Waals surface area (Å²) in [5.41, 5.74) is 1.10. The van der Waals surface area contributed by atoms with E-state index in [-0.39, 0.29) is 5.92 Å². The molecule has 2 bridgehead atoms. The highest BCUT2D eigenvalue weighted by Crippen LogP contribution is 2.38. The van der Waals surface area contributed by atoms with E-state index in [1.807, 2.05) is 18.2 Å². The van der Waals surface area contributed by atoms with E-state index < -0.39 is 0 Å². The molecule has 0 spiro atoms. The molecule has 3 fully saturated rings. The lowest BCUT2D eigenvalue weighted by Crippen LogP contribution is -2.52. The summed E-state index contributed by atoms with van der Waals surface area (Å²) in [6, 6.07) is 6.20. The summed E-state index contributed by atoms with van der Waals surface area (Å²) in [7, 11) is 1.61. The molecule has 2 atom stereocenters. The van der Waals surface area contributed by atoms with Crippen molar-refractivity contribution >= 4 is 23.1 Å². The van der Waals surface area contributed by atoms with E-state index in [1.165, 1.54) is 0 Å². The average molecular weight is 266 g/mol. The fraction of sp³-hybridized carbons (Fsp3) is 0.500. The van der Waals surface area contributed by atoms with E-state index in [2.05, 4.69) is 4.90 Å². The van der Waals surface area contributed by atoms with E-state index in [1.54, 1.807) is 7.11 Å². The SMILES string of the molecule is COc1ccc(N2CC3CCC2CC3=O)cc1Cl. The minimum absolute atomic E-state index is 0.218. The van der Waals surface area contributed by atoms with E-state index in [4.69, 9.17) is 16.3 Å². The van der Waals surface area contributed by atoms with Gasteiger partial charge in [-0.05, 0) is 31.0 Å². The molecule has 3 aliphatic rings. The van der Waals surface area contributed by atoms with Crippen molar-refractivity contribution in [2.24, 2.45) is 5.92 Å². The summed E-state index contributed by atoms with van der Waals surface area (Å²) in [4.78, 5) is 14.0. The van der Waals surface area contributed by atoms with Crippen LogP contribution in [0.15, 0.2) is 18.2 Å². The number of piperidine rings is 2. The number of ether oxygens (including phenoxy) is 1. The summed E-state index contributed by atoms with van der Waals surface area (Å²) in [5, 5.41) is 0.628. The zero-order valence-corrected chi connectivity index (χ0v) is 11.1. The van der Waals surface area contributed by atoms with Crippen LogP contribution in [0.25, 0.3) is 0 Å². The fourth-order valence-corrected chi connectivity index (χ4v) is 3.30. The third-order valence-corrected chi connectivity index (χ3v) is 4.36. The Labute approximate surface area is 112 Å². The number of fused-ring (bicyclic) bond motifs is 3. The molecule has 0 N–H and O–H groups in total. The number of carbonyl (C=O) groups is 1. The van der Waals surface area contributed by atoms with Crippen molar-refractivity contribution in [2.45, 2.75) is 25.3 Å². The maximum absolute atomic E-state index is 11.7. The number of carbonyl (C=O) groups excluding carboxylic acids is 1. The van der Waals surface area contributed by atoms with Crippen molar-refractivity contribution in [1.29, 1.82) is 0 Å². The van der Waals surface area contributed by atoms with Crippen molar-refractivity contribution < 1.29 is 9.53 Å². The molecule has 2 saturated heterocycles. The number of benzene rings is 1. The highest BCUT2D eigenvalue weighted by Gasteiger charge is 2.39. The molecule has 1 aromatic rings. The molecule has 3 nitrogen and oxygen atoms in total. The molecule has 2 heterocycles.